The summed E-state index contributed by atoms with van der Waals surface area (Å²) in [5, 5.41) is 3.62. The lowest BCUT2D eigenvalue weighted by Gasteiger charge is -2.21. The molecule has 1 heterocycles. The monoisotopic (exact) mass is 330 g/mol. The van der Waals surface area contributed by atoms with Crippen LogP contribution >= 0.6 is 23.2 Å². The Labute approximate surface area is 133 Å². The highest BCUT2D eigenvalue weighted by Gasteiger charge is 2.24. The number of rotatable bonds is 3. The zero-order chi connectivity index (χ0) is 15.4. The maximum atomic E-state index is 12.1. The van der Waals surface area contributed by atoms with Gasteiger partial charge in [-0.05, 0) is 18.2 Å². The van der Waals surface area contributed by atoms with Crippen LogP contribution in [-0.4, -0.2) is 43.0 Å². The molecular formula is C14H16Cl2N2O3. The molecule has 1 aromatic rings. The van der Waals surface area contributed by atoms with Gasteiger partial charge in [0.15, 0.2) is 6.61 Å². The molecule has 0 saturated carbocycles. The Hall–Kier alpha value is -1.46. The van der Waals surface area contributed by atoms with Gasteiger partial charge in [-0.15, -0.1) is 0 Å². The van der Waals surface area contributed by atoms with E-state index in [-0.39, 0.29) is 24.3 Å². The molecular weight excluding hydrogens is 315 g/mol. The maximum Gasteiger partial charge on any atom is 0.260 e. The van der Waals surface area contributed by atoms with E-state index in [2.05, 4.69) is 5.32 Å². The zero-order valence-corrected chi connectivity index (χ0v) is 13.1. The quantitative estimate of drug-likeness (QED) is 0.921. The van der Waals surface area contributed by atoms with Gasteiger partial charge in [-0.25, -0.2) is 0 Å². The van der Waals surface area contributed by atoms with E-state index < -0.39 is 0 Å². The summed E-state index contributed by atoms with van der Waals surface area (Å²) in [7, 11) is 0. The molecule has 1 saturated heterocycles. The number of halogens is 2. The van der Waals surface area contributed by atoms with Gasteiger partial charge in [0.05, 0.1) is 10.9 Å². The van der Waals surface area contributed by atoms with Crippen molar-refractivity contribution in [2.24, 2.45) is 5.92 Å². The van der Waals surface area contributed by atoms with Gasteiger partial charge >= 0.3 is 0 Å². The molecule has 1 fully saturated rings. The van der Waals surface area contributed by atoms with E-state index in [1.165, 1.54) is 0 Å². The van der Waals surface area contributed by atoms with E-state index >= 15 is 0 Å². The summed E-state index contributed by atoms with van der Waals surface area (Å²) >= 11 is 11.8. The van der Waals surface area contributed by atoms with Crippen LogP contribution in [0.15, 0.2) is 18.2 Å². The Bertz CT molecular complexity index is 551. The van der Waals surface area contributed by atoms with Crippen LogP contribution in [0.2, 0.25) is 10.0 Å². The van der Waals surface area contributed by atoms with Crippen LogP contribution in [-0.2, 0) is 9.59 Å². The first-order valence-electron chi connectivity index (χ1n) is 6.60. The predicted octanol–water partition coefficient (Wildman–Crippen LogP) is 1.97. The lowest BCUT2D eigenvalue weighted by atomic mass is 10.1. The molecule has 1 aromatic carbocycles. The van der Waals surface area contributed by atoms with Crippen LogP contribution < -0.4 is 10.1 Å². The Morgan fingerprint density at radius 1 is 1.48 bits per heavy atom. The third-order valence-electron chi connectivity index (χ3n) is 3.22. The molecule has 1 atom stereocenters. The first-order valence-corrected chi connectivity index (χ1v) is 7.36. The van der Waals surface area contributed by atoms with Crippen molar-refractivity contribution in [3.63, 3.8) is 0 Å². The van der Waals surface area contributed by atoms with Gasteiger partial charge in [0.1, 0.15) is 5.75 Å². The van der Waals surface area contributed by atoms with Crippen molar-refractivity contribution in [1.29, 1.82) is 0 Å². The van der Waals surface area contributed by atoms with Gasteiger partial charge in [0.2, 0.25) is 5.91 Å². The fourth-order valence-corrected chi connectivity index (χ4v) is 2.51. The zero-order valence-electron chi connectivity index (χ0n) is 11.6. The summed E-state index contributed by atoms with van der Waals surface area (Å²) in [5.74, 6) is -0.0293. The predicted molar refractivity (Wildman–Crippen MR) is 80.7 cm³/mol. The SMILES string of the molecule is CC1CN(C(=O)COc2ccc(Cl)cc2Cl)CCNC1=O. The largest absolute Gasteiger partial charge is 0.482 e. The summed E-state index contributed by atoms with van der Waals surface area (Å²) in [6, 6.07) is 4.82. The van der Waals surface area contributed by atoms with Gasteiger partial charge in [-0.1, -0.05) is 30.1 Å². The number of hydrogen-bond donors (Lipinski definition) is 1. The summed E-state index contributed by atoms with van der Waals surface area (Å²) in [6.07, 6.45) is 0. The van der Waals surface area contributed by atoms with Crippen molar-refractivity contribution < 1.29 is 14.3 Å². The standard InChI is InChI=1S/C14H16Cl2N2O3/c1-9-7-18(5-4-17-14(9)20)13(19)8-21-12-3-2-10(15)6-11(12)16/h2-3,6,9H,4-5,7-8H2,1H3,(H,17,20). The van der Waals surface area contributed by atoms with Crippen molar-refractivity contribution >= 4 is 35.0 Å². The average Bonchev–Trinajstić information content (AvgIpc) is 2.60. The van der Waals surface area contributed by atoms with E-state index in [0.717, 1.165) is 0 Å². The molecule has 114 valence electrons. The Morgan fingerprint density at radius 3 is 2.95 bits per heavy atom. The molecule has 2 amide bonds. The van der Waals surface area contributed by atoms with Gasteiger partial charge in [-0.2, -0.15) is 0 Å². The molecule has 7 heteroatoms. The topological polar surface area (TPSA) is 58.6 Å². The Balaban J connectivity index is 1.93. The average molecular weight is 331 g/mol. The molecule has 0 aliphatic carbocycles. The lowest BCUT2D eigenvalue weighted by molar-refractivity contribution is -0.134. The Morgan fingerprint density at radius 2 is 2.24 bits per heavy atom. The van der Waals surface area contributed by atoms with E-state index in [1.54, 1.807) is 30.0 Å². The molecule has 1 unspecified atom stereocenters. The number of nitrogens with one attached hydrogen (secondary N) is 1. The molecule has 0 spiro atoms. The maximum absolute atomic E-state index is 12.1. The molecule has 0 aromatic heterocycles. The minimum Gasteiger partial charge on any atom is -0.482 e. The number of nitrogens with zero attached hydrogens (tertiary/aromatic N) is 1. The Kier molecular flexibility index (Phi) is 5.31. The van der Waals surface area contributed by atoms with Crippen LogP contribution in [0.5, 0.6) is 5.75 Å². The number of benzene rings is 1. The fourth-order valence-electron chi connectivity index (χ4n) is 2.04. The molecule has 5 nitrogen and oxygen atoms in total. The molecule has 0 bridgehead atoms. The van der Waals surface area contributed by atoms with Crippen molar-refractivity contribution in [1.82, 2.24) is 10.2 Å². The number of carbonyl (C=O) groups is 2. The smallest absolute Gasteiger partial charge is 0.260 e. The molecule has 1 aliphatic rings. The first-order chi connectivity index (χ1) is 9.97. The van der Waals surface area contributed by atoms with Gasteiger partial charge in [-0.3, -0.25) is 9.59 Å². The van der Waals surface area contributed by atoms with Crippen LogP contribution in [0.25, 0.3) is 0 Å². The summed E-state index contributed by atoms with van der Waals surface area (Å²) in [6.45, 7) is 2.99. The normalized spacial score (nSPS) is 18.9. The van der Waals surface area contributed by atoms with Crippen molar-refractivity contribution in [3.05, 3.63) is 28.2 Å². The molecule has 1 N–H and O–H groups in total. The second kappa shape index (κ2) is 7.00. The summed E-state index contributed by atoms with van der Waals surface area (Å²) in [5.41, 5.74) is 0. The molecule has 1 aliphatic heterocycles. The number of amides is 2. The van der Waals surface area contributed by atoms with Crippen LogP contribution in [0.3, 0.4) is 0 Å². The first kappa shape index (κ1) is 15.9. The second-order valence-electron chi connectivity index (χ2n) is 4.90. The number of hydrogen-bond acceptors (Lipinski definition) is 3. The van der Waals surface area contributed by atoms with Gasteiger partial charge < -0.3 is 15.0 Å². The fraction of sp³-hybridized carbons (Fsp3) is 0.429. The lowest BCUT2D eigenvalue weighted by Crippen LogP contribution is -2.38. The third kappa shape index (κ3) is 4.25. The van der Waals surface area contributed by atoms with Crippen LogP contribution in [0.4, 0.5) is 0 Å². The minimum absolute atomic E-state index is 0.0352. The van der Waals surface area contributed by atoms with Crippen molar-refractivity contribution in [2.75, 3.05) is 26.2 Å². The molecule has 21 heavy (non-hydrogen) atoms. The second-order valence-corrected chi connectivity index (χ2v) is 5.74. The van der Waals surface area contributed by atoms with E-state index in [9.17, 15) is 9.59 Å². The summed E-state index contributed by atoms with van der Waals surface area (Å²) in [4.78, 5) is 25.3. The number of carbonyl (C=O) groups excluding carboxylic acids is 2. The van der Waals surface area contributed by atoms with Crippen LogP contribution in [0.1, 0.15) is 6.92 Å². The highest BCUT2D eigenvalue weighted by atomic mass is 35.5. The van der Waals surface area contributed by atoms with Gasteiger partial charge in [0, 0.05) is 24.7 Å². The minimum atomic E-state index is -0.226. The van der Waals surface area contributed by atoms with E-state index in [4.69, 9.17) is 27.9 Å². The van der Waals surface area contributed by atoms with E-state index in [0.29, 0.717) is 35.4 Å². The highest BCUT2D eigenvalue weighted by Crippen LogP contribution is 2.27. The molecule has 2 rings (SSSR count). The van der Waals surface area contributed by atoms with Crippen LogP contribution in [0, 0.1) is 5.92 Å². The van der Waals surface area contributed by atoms with Crippen molar-refractivity contribution in [2.45, 2.75) is 6.92 Å². The number of ether oxygens (including phenoxy) is 1. The summed E-state index contributed by atoms with van der Waals surface area (Å²) < 4.78 is 5.42. The molecule has 0 radical (unpaired) electrons. The van der Waals surface area contributed by atoms with Crippen molar-refractivity contribution in [3.8, 4) is 5.75 Å². The third-order valence-corrected chi connectivity index (χ3v) is 3.75. The highest BCUT2D eigenvalue weighted by molar-refractivity contribution is 6.35. The van der Waals surface area contributed by atoms with E-state index in [1.807, 2.05) is 0 Å². The van der Waals surface area contributed by atoms with Gasteiger partial charge in [0.25, 0.3) is 5.91 Å².